The molecule has 0 amide bonds. The van der Waals surface area contributed by atoms with Crippen LogP contribution in [0.2, 0.25) is 0 Å². The number of hydrogen-bond acceptors (Lipinski definition) is 9. The quantitative estimate of drug-likeness (QED) is 0.270. The van der Waals surface area contributed by atoms with Crippen molar-refractivity contribution in [3.8, 4) is 11.5 Å². The molecule has 0 spiro atoms. The van der Waals surface area contributed by atoms with Crippen LogP contribution >= 0.6 is 23.1 Å². The highest BCUT2D eigenvalue weighted by Crippen LogP contribution is 2.26. The minimum atomic E-state index is -0.224. The summed E-state index contributed by atoms with van der Waals surface area (Å²) in [6.45, 7) is 5.36. The molecule has 0 aliphatic rings. The molecule has 9 heteroatoms. The number of benzene rings is 1. The Morgan fingerprint density at radius 2 is 2.04 bits per heavy atom. The molecule has 0 radical (unpaired) electrons. The molecule has 7 nitrogen and oxygen atoms in total. The van der Waals surface area contributed by atoms with Gasteiger partial charge in [0.15, 0.2) is 4.34 Å². The summed E-state index contributed by atoms with van der Waals surface area (Å²) >= 11 is 2.77. The summed E-state index contributed by atoms with van der Waals surface area (Å²) in [6, 6.07) is 9.37. The fourth-order valence-corrected chi connectivity index (χ4v) is 4.04. The van der Waals surface area contributed by atoms with E-state index >= 15 is 0 Å². The predicted molar refractivity (Wildman–Crippen MR) is 112 cm³/mol. The van der Waals surface area contributed by atoms with Crippen LogP contribution in [0.1, 0.15) is 43.8 Å². The number of aromatic nitrogens is 4. The Bertz CT molecular complexity index is 881. The fraction of sp³-hybridized carbons (Fsp3) is 0.421. The maximum Gasteiger partial charge on any atom is 0.285 e. The first-order chi connectivity index (χ1) is 13.7. The number of Topliss-reactive ketones (excluding diaryl/α,β-unsaturated/α-hetero) is 1. The Kier molecular flexibility index (Phi) is 7.55. The largest absolute Gasteiger partial charge is 0.414 e. The molecular formula is C19H23N5O2S2. The minimum absolute atomic E-state index is 0.0132. The average Bonchev–Trinajstić information content (AvgIpc) is 3.40. The van der Waals surface area contributed by atoms with E-state index in [1.807, 2.05) is 30.3 Å². The maximum absolute atomic E-state index is 12.3. The van der Waals surface area contributed by atoms with E-state index in [1.165, 1.54) is 35.9 Å². The zero-order valence-corrected chi connectivity index (χ0v) is 17.6. The Hall–Kier alpha value is -2.26. The number of carbonyl (C=O) groups is 1. The van der Waals surface area contributed by atoms with Crippen molar-refractivity contribution < 1.29 is 9.21 Å². The molecule has 2 heterocycles. The topological polar surface area (TPSA) is 93.8 Å². The molecular weight excluding hydrogens is 394 g/mol. The zero-order chi connectivity index (χ0) is 19.8. The smallest absolute Gasteiger partial charge is 0.285 e. The predicted octanol–water partition coefficient (Wildman–Crippen LogP) is 4.80. The average molecular weight is 418 g/mol. The van der Waals surface area contributed by atoms with Crippen LogP contribution in [0.15, 0.2) is 39.1 Å². The van der Waals surface area contributed by atoms with Crippen LogP contribution < -0.4 is 5.32 Å². The minimum Gasteiger partial charge on any atom is -0.414 e. The standard InChI is InChI=1S/C19H23N5O2S2/c1-3-13(2)8-7-11-20-18-23-24-19(28-18)27-12-15(25)17-22-21-16(26-17)14-9-5-4-6-10-14/h4-6,9-10,13H,3,7-8,11-12H2,1-2H3,(H,20,23). The van der Waals surface area contributed by atoms with Gasteiger partial charge in [-0.1, -0.05) is 61.6 Å². The van der Waals surface area contributed by atoms with E-state index < -0.39 is 0 Å². The Morgan fingerprint density at radius 1 is 1.21 bits per heavy atom. The Morgan fingerprint density at radius 3 is 2.82 bits per heavy atom. The number of rotatable bonds is 11. The number of nitrogens with zero attached hydrogens (tertiary/aromatic N) is 4. The van der Waals surface area contributed by atoms with Crippen molar-refractivity contribution in [2.45, 2.75) is 37.4 Å². The van der Waals surface area contributed by atoms with Crippen LogP contribution in [0, 0.1) is 5.92 Å². The van der Waals surface area contributed by atoms with E-state index in [0.717, 1.165) is 33.9 Å². The molecule has 1 N–H and O–H groups in total. The van der Waals surface area contributed by atoms with Crippen molar-refractivity contribution in [2.75, 3.05) is 17.6 Å². The molecule has 0 aliphatic carbocycles. The van der Waals surface area contributed by atoms with Gasteiger partial charge in [0.1, 0.15) is 0 Å². The van der Waals surface area contributed by atoms with Crippen molar-refractivity contribution in [1.82, 2.24) is 20.4 Å². The molecule has 0 fully saturated rings. The van der Waals surface area contributed by atoms with E-state index in [2.05, 4.69) is 39.6 Å². The first-order valence-corrected chi connectivity index (χ1v) is 11.1. The van der Waals surface area contributed by atoms with Crippen LogP contribution in [0.4, 0.5) is 5.13 Å². The van der Waals surface area contributed by atoms with Crippen LogP contribution in [0.5, 0.6) is 0 Å². The highest BCUT2D eigenvalue weighted by atomic mass is 32.2. The summed E-state index contributed by atoms with van der Waals surface area (Å²) in [6.07, 6.45) is 3.52. The SMILES string of the molecule is CCC(C)CCCNc1nnc(SCC(=O)c2nnc(-c3ccccc3)o2)s1. The maximum atomic E-state index is 12.3. The molecule has 148 valence electrons. The lowest BCUT2D eigenvalue weighted by Crippen LogP contribution is -2.03. The third kappa shape index (κ3) is 5.87. The molecule has 0 aliphatic heterocycles. The van der Waals surface area contributed by atoms with Gasteiger partial charge in [-0.15, -0.1) is 20.4 Å². The first kappa shape index (κ1) is 20.5. The Labute approximate surface area is 172 Å². The van der Waals surface area contributed by atoms with E-state index in [0.29, 0.717) is 5.89 Å². The summed E-state index contributed by atoms with van der Waals surface area (Å²) in [5.41, 5.74) is 0.787. The second kappa shape index (κ2) is 10.3. The Balaban J connectivity index is 1.45. The van der Waals surface area contributed by atoms with Crippen molar-refractivity contribution in [3.63, 3.8) is 0 Å². The molecule has 1 atom stereocenters. The van der Waals surface area contributed by atoms with Gasteiger partial charge in [-0.2, -0.15) is 0 Å². The monoisotopic (exact) mass is 417 g/mol. The molecule has 0 bridgehead atoms. The van der Waals surface area contributed by atoms with Crippen molar-refractivity contribution in [3.05, 3.63) is 36.2 Å². The van der Waals surface area contributed by atoms with E-state index in [9.17, 15) is 4.79 Å². The fourth-order valence-electron chi connectivity index (χ4n) is 2.41. The first-order valence-electron chi connectivity index (χ1n) is 9.28. The molecule has 0 saturated carbocycles. The van der Waals surface area contributed by atoms with E-state index in [1.54, 1.807) is 0 Å². The van der Waals surface area contributed by atoms with Gasteiger partial charge in [0.05, 0.1) is 5.75 Å². The lowest BCUT2D eigenvalue weighted by Gasteiger charge is -2.07. The van der Waals surface area contributed by atoms with E-state index in [4.69, 9.17) is 4.42 Å². The summed E-state index contributed by atoms with van der Waals surface area (Å²) in [5, 5.41) is 20.1. The summed E-state index contributed by atoms with van der Waals surface area (Å²) in [5.74, 6) is 1.06. The van der Waals surface area contributed by atoms with Crippen LogP contribution in [-0.2, 0) is 0 Å². The number of hydrogen-bond donors (Lipinski definition) is 1. The molecule has 28 heavy (non-hydrogen) atoms. The van der Waals surface area contributed by atoms with Gasteiger partial charge in [0.2, 0.25) is 16.8 Å². The van der Waals surface area contributed by atoms with Crippen LogP contribution in [-0.4, -0.2) is 38.5 Å². The molecule has 1 unspecified atom stereocenters. The second-order valence-corrected chi connectivity index (χ2v) is 8.65. The molecule has 1 aromatic carbocycles. The van der Waals surface area contributed by atoms with Gasteiger partial charge in [0, 0.05) is 12.1 Å². The highest BCUT2D eigenvalue weighted by Gasteiger charge is 2.17. The van der Waals surface area contributed by atoms with Crippen molar-refractivity contribution >= 4 is 34.0 Å². The molecule has 0 saturated heterocycles. The third-order valence-corrected chi connectivity index (χ3v) is 6.28. The normalized spacial score (nSPS) is 12.1. The zero-order valence-electron chi connectivity index (χ0n) is 15.9. The van der Waals surface area contributed by atoms with E-state index in [-0.39, 0.29) is 17.4 Å². The van der Waals surface area contributed by atoms with Gasteiger partial charge >= 0.3 is 0 Å². The molecule has 3 rings (SSSR count). The van der Waals surface area contributed by atoms with Gasteiger partial charge in [-0.05, 0) is 30.9 Å². The number of thioether (sulfide) groups is 1. The summed E-state index contributed by atoms with van der Waals surface area (Å²) in [7, 11) is 0. The van der Waals surface area contributed by atoms with Gasteiger partial charge in [-0.3, -0.25) is 4.79 Å². The van der Waals surface area contributed by atoms with Gasteiger partial charge in [0.25, 0.3) is 5.89 Å². The number of ketones is 1. The lowest BCUT2D eigenvalue weighted by molar-refractivity contribution is 0.0986. The number of anilines is 1. The number of nitrogens with one attached hydrogen (secondary N) is 1. The lowest BCUT2D eigenvalue weighted by atomic mass is 10.0. The van der Waals surface area contributed by atoms with Crippen LogP contribution in [0.3, 0.4) is 0 Å². The third-order valence-electron chi connectivity index (χ3n) is 4.26. The van der Waals surface area contributed by atoms with Gasteiger partial charge < -0.3 is 9.73 Å². The highest BCUT2D eigenvalue weighted by molar-refractivity contribution is 8.01. The molecule has 2 aromatic heterocycles. The van der Waals surface area contributed by atoms with Crippen molar-refractivity contribution in [1.29, 1.82) is 0 Å². The second-order valence-electron chi connectivity index (χ2n) is 6.45. The summed E-state index contributed by atoms with van der Waals surface area (Å²) < 4.78 is 6.23. The van der Waals surface area contributed by atoms with Crippen LogP contribution in [0.25, 0.3) is 11.5 Å². The molecule has 3 aromatic rings. The summed E-state index contributed by atoms with van der Waals surface area (Å²) in [4.78, 5) is 12.3. The van der Waals surface area contributed by atoms with Crippen molar-refractivity contribution in [2.24, 2.45) is 5.92 Å². The number of carbonyl (C=O) groups excluding carboxylic acids is 1. The van der Waals surface area contributed by atoms with Gasteiger partial charge in [-0.25, -0.2) is 0 Å².